The lowest BCUT2D eigenvalue weighted by Gasteiger charge is -2.48. The summed E-state index contributed by atoms with van der Waals surface area (Å²) in [4.78, 5) is 15.3. The largest absolute Gasteiger partial charge is 0.396 e. The highest BCUT2D eigenvalue weighted by atomic mass is 16.3. The highest BCUT2D eigenvalue weighted by Crippen LogP contribution is 2.34. The number of nitrogens with zero attached hydrogens (tertiary/aromatic N) is 7. The SMILES string of the molecule is Cc1cc(N2CC(C)(CO)C2)cnc1-c1cn(CCc2ncccn2)nn1. The summed E-state index contributed by atoms with van der Waals surface area (Å²) in [7, 11) is 0. The topological polar surface area (TPSA) is 92.8 Å². The Bertz CT molecular complexity index is 919. The predicted molar refractivity (Wildman–Crippen MR) is 101 cm³/mol. The zero-order chi connectivity index (χ0) is 18.9. The van der Waals surface area contributed by atoms with Gasteiger partial charge in [0.2, 0.25) is 0 Å². The number of aromatic nitrogens is 6. The van der Waals surface area contributed by atoms with Crippen LogP contribution in [0.1, 0.15) is 18.3 Å². The normalized spacial score (nSPS) is 15.6. The van der Waals surface area contributed by atoms with Crippen molar-refractivity contribution in [3.63, 3.8) is 0 Å². The van der Waals surface area contributed by atoms with Crippen LogP contribution in [0.5, 0.6) is 0 Å². The highest BCUT2D eigenvalue weighted by Gasteiger charge is 2.38. The van der Waals surface area contributed by atoms with Crippen LogP contribution < -0.4 is 4.90 Å². The molecule has 0 aliphatic carbocycles. The fraction of sp³-hybridized carbons (Fsp3) is 0.421. The molecule has 140 valence electrons. The van der Waals surface area contributed by atoms with Crippen LogP contribution >= 0.6 is 0 Å². The molecule has 1 N–H and O–H groups in total. The standard InChI is InChI=1S/C19H23N7O/c1-14-8-15(25-11-19(2,12-25)13-27)9-22-18(14)16-10-26(24-23-16)7-4-17-20-5-3-6-21-17/h3,5-6,8-10,27H,4,7,11-13H2,1-2H3. The molecule has 3 aromatic heterocycles. The Balaban J connectivity index is 1.44. The third kappa shape index (κ3) is 3.66. The monoisotopic (exact) mass is 365 g/mol. The maximum absolute atomic E-state index is 9.41. The number of pyridine rings is 1. The Kier molecular flexibility index (Phi) is 4.57. The first-order chi connectivity index (χ1) is 13.1. The molecule has 0 amide bonds. The van der Waals surface area contributed by atoms with E-state index in [1.165, 1.54) is 0 Å². The molecule has 1 aliphatic heterocycles. The molecule has 0 spiro atoms. The first-order valence-corrected chi connectivity index (χ1v) is 9.05. The molecule has 1 saturated heterocycles. The maximum Gasteiger partial charge on any atom is 0.131 e. The van der Waals surface area contributed by atoms with Gasteiger partial charge in [-0.3, -0.25) is 9.67 Å². The summed E-state index contributed by atoms with van der Waals surface area (Å²) in [6.07, 6.45) is 7.96. The van der Waals surface area contributed by atoms with Crippen molar-refractivity contribution in [3.05, 3.63) is 48.3 Å². The summed E-state index contributed by atoms with van der Waals surface area (Å²) in [6, 6.07) is 3.93. The molecule has 4 heterocycles. The van der Waals surface area contributed by atoms with Crippen LogP contribution in [0.4, 0.5) is 5.69 Å². The van der Waals surface area contributed by atoms with Crippen LogP contribution in [-0.2, 0) is 13.0 Å². The zero-order valence-electron chi connectivity index (χ0n) is 15.6. The molecule has 0 radical (unpaired) electrons. The van der Waals surface area contributed by atoms with E-state index in [4.69, 9.17) is 0 Å². The molecular weight excluding hydrogens is 342 g/mol. The zero-order valence-corrected chi connectivity index (χ0v) is 15.6. The lowest BCUT2D eigenvalue weighted by atomic mass is 9.82. The van der Waals surface area contributed by atoms with Gasteiger partial charge in [0.15, 0.2) is 0 Å². The molecule has 27 heavy (non-hydrogen) atoms. The molecule has 8 heteroatoms. The molecule has 0 bridgehead atoms. The van der Waals surface area contributed by atoms with Gasteiger partial charge in [-0.05, 0) is 24.6 Å². The van der Waals surface area contributed by atoms with Crippen LogP contribution in [0.15, 0.2) is 36.9 Å². The van der Waals surface area contributed by atoms with Crippen LogP contribution in [0.2, 0.25) is 0 Å². The second kappa shape index (κ2) is 7.03. The summed E-state index contributed by atoms with van der Waals surface area (Å²) in [5.74, 6) is 0.789. The summed E-state index contributed by atoms with van der Waals surface area (Å²) in [6.45, 7) is 6.71. The number of aliphatic hydroxyl groups is 1. The van der Waals surface area contributed by atoms with E-state index in [2.05, 4.69) is 43.2 Å². The Labute approximate surface area is 157 Å². The average Bonchev–Trinajstić information content (AvgIpc) is 3.13. The summed E-state index contributed by atoms with van der Waals surface area (Å²) < 4.78 is 1.79. The fourth-order valence-corrected chi connectivity index (χ4v) is 3.35. The van der Waals surface area contributed by atoms with E-state index in [9.17, 15) is 5.11 Å². The van der Waals surface area contributed by atoms with E-state index in [0.29, 0.717) is 13.0 Å². The molecule has 0 unspecified atom stereocenters. The van der Waals surface area contributed by atoms with Gasteiger partial charge in [0, 0.05) is 43.9 Å². The van der Waals surface area contributed by atoms with Crippen molar-refractivity contribution in [2.45, 2.75) is 26.8 Å². The Morgan fingerprint density at radius 1 is 1.19 bits per heavy atom. The van der Waals surface area contributed by atoms with Crippen LogP contribution in [0.3, 0.4) is 0 Å². The van der Waals surface area contributed by atoms with Gasteiger partial charge in [-0.15, -0.1) is 5.10 Å². The number of anilines is 1. The maximum atomic E-state index is 9.41. The quantitative estimate of drug-likeness (QED) is 0.707. The Morgan fingerprint density at radius 3 is 2.67 bits per heavy atom. The van der Waals surface area contributed by atoms with Gasteiger partial charge in [-0.1, -0.05) is 12.1 Å². The third-order valence-corrected chi connectivity index (χ3v) is 4.92. The van der Waals surface area contributed by atoms with Crippen LogP contribution in [0, 0.1) is 12.3 Å². The lowest BCUT2D eigenvalue weighted by molar-refractivity contribution is 0.111. The van der Waals surface area contributed by atoms with Gasteiger partial charge in [-0.25, -0.2) is 9.97 Å². The van der Waals surface area contributed by atoms with Gasteiger partial charge in [0.25, 0.3) is 0 Å². The van der Waals surface area contributed by atoms with E-state index in [0.717, 1.165) is 41.6 Å². The minimum atomic E-state index is -0.00224. The smallest absolute Gasteiger partial charge is 0.131 e. The molecular formula is C19H23N7O. The van der Waals surface area contributed by atoms with E-state index in [-0.39, 0.29) is 12.0 Å². The van der Waals surface area contributed by atoms with Gasteiger partial charge >= 0.3 is 0 Å². The molecule has 0 aromatic carbocycles. The molecule has 3 aromatic rings. The summed E-state index contributed by atoms with van der Waals surface area (Å²) in [5, 5.41) is 17.9. The van der Waals surface area contributed by atoms with E-state index < -0.39 is 0 Å². The molecule has 8 nitrogen and oxygen atoms in total. The van der Waals surface area contributed by atoms with Gasteiger partial charge in [0.05, 0.1) is 30.4 Å². The molecule has 1 aliphatic rings. The van der Waals surface area contributed by atoms with Crippen molar-refractivity contribution in [1.29, 1.82) is 0 Å². The number of hydrogen-bond acceptors (Lipinski definition) is 7. The third-order valence-electron chi connectivity index (χ3n) is 4.92. The number of hydrogen-bond donors (Lipinski definition) is 1. The van der Waals surface area contributed by atoms with Crippen molar-refractivity contribution in [3.8, 4) is 11.4 Å². The van der Waals surface area contributed by atoms with Crippen molar-refractivity contribution >= 4 is 5.69 Å². The predicted octanol–water partition coefficient (Wildman–Crippen LogP) is 1.50. The Hall–Kier alpha value is -2.87. The lowest BCUT2D eigenvalue weighted by Crippen LogP contribution is -2.56. The summed E-state index contributed by atoms with van der Waals surface area (Å²) in [5.41, 5.74) is 3.74. The minimum Gasteiger partial charge on any atom is -0.396 e. The van der Waals surface area contributed by atoms with Gasteiger partial charge in [0.1, 0.15) is 11.5 Å². The number of aryl methyl sites for hydroxylation is 3. The number of aliphatic hydroxyl groups excluding tert-OH is 1. The van der Waals surface area contributed by atoms with Crippen LogP contribution in [-0.4, -0.2) is 54.7 Å². The Morgan fingerprint density at radius 2 is 1.96 bits per heavy atom. The van der Waals surface area contributed by atoms with Crippen LogP contribution in [0.25, 0.3) is 11.4 Å². The van der Waals surface area contributed by atoms with E-state index in [1.807, 2.05) is 19.3 Å². The first-order valence-electron chi connectivity index (χ1n) is 9.05. The second-order valence-electron chi connectivity index (χ2n) is 7.47. The van der Waals surface area contributed by atoms with Gasteiger partial charge in [-0.2, -0.15) is 0 Å². The van der Waals surface area contributed by atoms with E-state index >= 15 is 0 Å². The van der Waals surface area contributed by atoms with Crippen molar-refractivity contribution < 1.29 is 5.11 Å². The average molecular weight is 365 g/mol. The minimum absolute atomic E-state index is 0.00224. The van der Waals surface area contributed by atoms with Crippen molar-refractivity contribution in [2.75, 3.05) is 24.6 Å². The van der Waals surface area contributed by atoms with Crippen molar-refractivity contribution in [1.82, 2.24) is 29.9 Å². The van der Waals surface area contributed by atoms with E-state index in [1.54, 1.807) is 23.1 Å². The first kappa shape index (κ1) is 17.5. The molecule has 1 fully saturated rings. The molecule has 0 saturated carbocycles. The highest BCUT2D eigenvalue weighted by molar-refractivity contribution is 5.62. The van der Waals surface area contributed by atoms with Gasteiger partial charge < -0.3 is 10.0 Å². The molecule has 0 atom stereocenters. The molecule has 4 rings (SSSR count). The fourth-order valence-electron chi connectivity index (χ4n) is 3.35. The second-order valence-corrected chi connectivity index (χ2v) is 7.47. The number of rotatable bonds is 6. The van der Waals surface area contributed by atoms with Crippen molar-refractivity contribution in [2.24, 2.45) is 5.41 Å². The summed E-state index contributed by atoms with van der Waals surface area (Å²) >= 11 is 0.